The van der Waals surface area contributed by atoms with E-state index < -0.39 is 34.3 Å². The van der Waals surface area contributed by atoms with Gasteiger partial charge < -0.3 is 30.1 Å². The first kappa shape index (κ1) is 35.4. The van der Waals surface area contributed by atoms with Crippen LogP contribution in [0.2, 0.25) is 0 Å². The monoisotopic (exact) mass is 685 g/mol. The van der Waals surface area contributed by atoms with Crippen molar-refractivity contribution in [2.24, 2.45) is 11.8 Å². The molecule has 0 spiro atoms. The summed E-state index contributed by atoms with van der Waals surface area (Å²) in [6.07, 6.45) is 6.35. The van der Waals surface area contributed by atoms with Gasteiger partial charge in [0.25, 0.3) is 0 Å². The lowest BCUT2D eigenvalue weighted by molar-refractivity contribution is -0.167. The van der Waals surface area contributed by atoms with Gasteiger partial charge in [-0.1, -0.05) is 39.8 Å². The van der Waals surface area contributed by atoms with Gasteiger partial charge in [-0.3, -0.25) is 9.59 Å². The van der Waals surface area contributed by atoms with Crippen molar-refractivity contribution in [3.05, 3.63) is 71.5 Å². The van der Waals surface area contributed by atoms with Crippen LogP contribution in [0, 0.1) is 11.8 Å². The molecular formula is C39H51N5O6. The fourth-order valence-electron chi connectivity index (χ4n) is 10.2. The quantitative estimate of drug-likeness (QED) is 0.194. The number of hydrogen-bond donors (Lipinski definition) is 3. The second-order valence-electron chi connectivity index (χ2n) is 14.9. The molecule has 2 amide bonds. The van der Waals surface area contributed by atoms with Crippen molar-refractivity contribution in [1.82, 2.24) is 20.0 Å². The third kappa shape index (κ3) is 6.03. The average Bonchev–Trinajstić information content (AvgIpc) is 3.63. The van der Waals surface area contributed by atoms with Crippen molar-refractivity contribution in [2.45, 2.75) is 88.5 Å². The van der Waals surface area contributed by atoms with Gasteiger partial charge >= 0.3 is 12.0 Å². The van der Waals surface area contributed by atoms with Crippen LogP contribution in [0.5, 0.6) is 11.5 Å². The number of rotatable bonds is 13. The lowest BCUT2D eigenvalue weighted by Crippen LogP contribution is -2.75. The number of anilines is 1. The first-order valence-corrected chi connectivity index (χ1v) is 17.9. The Morgan fingerprint density at radius 1 is 1.02 bits per heavy atom. The Labute approximate surface area is 294 Å². The molecule has 5 atom stereocenters. The first-order valence-electron chi connectivity index (χ1n) is 17.9. The molecule has 11 nitrogen and oxygen atoms in total. The zero-order valence-electron chi connectivity index (χ0n) is 30.1. The Morgan fingerprint density at radius 3 is 2.34 bits per heavy atom. The Kier molecular flexibility index (Phi) is 9.74. The SMILES string of the molecule is CCN(CC)CCC(=O)Nc1ccc(C(C)C)c(C23CC4CC(c5c(OC)cccc5OC)(CC(NC(=O)n5cccn5)(C4)C2C(=O)O)C3)c1. The van der Waals surface area contributed by atoms with Crippen LogP contribution in [0.3, 0.4) is 0 Å². The number of carbonyl (C=O) groups excluding carboxylic acids is 2. The molecule has 7 rings (SSSR count). The first-order chi connectivity index (χ1) is 23.9. The molecule has 0 radical (unpaired) electrons. The van der Waals surface area contributed by atoms with Crippen molar-refractivity contribution >= 4 is 23.6 Å². The van der Waals surface area contributed by atoms with E-state index in [1.807, 2.05) is 36.4 Å². The van der Waals surface area contributed by atoms with E-state index in [2.05, 4.69) is 48.3 Å². The van der Waals surface area contributed by atoms with Crippen molar-refractivity contribution in [3.63, 3.8) is 0 Å². The topological polar surface area (TPSA) is 135 Å². The van der Waals surface area contributed by atoms with E-state index in [9.17, 15) is 19.5 Å². The molecule has 4 saturated carbocycles. The molecule has 0 aliphatic heterocycles. The molecule has 3 N–H and O–H groups in total. The van der Waals surface area contributed by atoms with E-state index in [4.69, 9.17) is 9.47 Å². The molecule has 5 unspecified atom stereocenters. The highest BCUT2D eigenvalue weighted by Crippen LogP contribution is 2.71. The third-order valence-corrected chi connectivity index (χ3v) is 11.7. The second kappa shape index (κ2) is 13.7. The summed E-state index contributed by atoms with van der Waals surface area (Å²) in [5.41, 5.74) is 0.920. The smallest absolute Gasteiger partial charge is 0.342 e. The number of carboxylic acids is 1. The van der Waals surface area contributed by atoms with Gasteiger partial charge in [0.1, 0.15) is 11.5 Å². The third-order valence-electron chi connectivity index (χ3n) is 11.7. The zero-order chi connectivity index (χ0) is 35.8. The van der Waals surface area contributed by atoms with Crippen molar-refractivity contribution in [1.29, 1.82) is 0 Å². The number of carboxylic acid groups (broad SMARTS) is 1. The van der Waals surface area contributed by atoms with Crippen LogP contribution >= 0.6 is 0 Å². The lowest BCUT2D eigenvalue weighted by atomic mass is 9.35. The number of nitrogens with one attached hydrogen (secondary N) is 2. The molecule has 0 saturated heterocycles. The molecule has 4 fully saturated rings. The lowest BCUT2D eigenvalue weighted by Gasteiger charge is -2.69. The molecule has 4 aliphatic rings. The maximum atomic E-state index is 13.9. The number of methoxy groups -OCH3 is 2. The van der Waals surface area contributed by atoms with E-state index in [1.165, 1.54) is 10.9 Å². The average molecular weight is 686 g/mol. The summed E-state index contributed by atoms with van der Waals surface area (Å²) in [7, 11) is 3.29. The minimum atomic E-state index is -1.11. The van der Waals surface area contributed by atoms with Crippen LogP contribution in [-0.4, -0.2) is 77.1 Å². The maximum absolute atomic E-state index is 13.9. The highest BCUT2D eigenvalue weighted by molar-refractivity contribution is 5.91. The van der Waals surface area contributed by atoms with Crippen LogP contribution < -0.4 is 20.1 Å². The molecule has 4 aliphatic carbocycles. The zero-order valence-corrected chi connectivity index (χ0v) is 30.1. The molecular weight excluding hydrogens is 634 g/mol. The summed E-state index contributed by atoms with van der Waals surface area (Å²) in [6.45, 7) is 10.8. The van der Waals surface area contributed by atoms with Crippen LogP contribution in [0.1, 0.15) is 88.8 Å². The Bertz CT molecular complexity index is 1720. The summed E-state index contributed by atoms with van der Waals surface area (Å²) >= 11 is 0. The number of carbonyl (C=O) groups is 3. The standard InChI is InChI=1S/C39H51N5O6/c1-7-43(8-2)18-15-32(45)41-27-13-14-28(25(3)4)29(19-27)38-21-26-20-37(23-38,33-30(49-5)11-9-12-31(33)50-6)24-39(22-26,34(38)35(46)47)42-36(48)44-17-10-16-40-44/h9-14,16-17,19,25-26,34H,7-8,15,18,20-24H2,1-6H3,(H,41,45)(H,42,48)(H,46,47). The van der Waals surface area contributed by atoms with Crippen LogP contribution in [0.15, 0.2) is 54.9 Å². The molecule has 268 valence electrons. The van der Waals surface area contributed by atoms with E-state index in [1.54, 1.807) is 26.5 Å². The summed E-state index contributed by atoms with van der Waals surface area (Å²) in [5.74, 6) is -0.459. The van der Waals surface area contributed by atoms with Crippen LogP contribution in [-0.2, 0) is 20.4 Å². The number of amides is 2. The summed E-state index contributed by atoms with van der Waals surface area (Å²) in [5, 5.41) is 21.9. The normalized spacial score (nSPS) is 26.6. The fourth-order valence-corrected chi connectivity index (χ4v) is 10.2. The predicted molar refractivity (Wildman–Crippen MR) is 191 cm³/mol. The molecule has 4 bridgehead atoms. The number of aliphatic carboxylic acids is 1. The highest BCUT2D eigenvalue weighted by atomic mass is 16.5. The summed E-state index contributed by atoms with van der Waals surface area (Å²) in [4.78, 5) is 43.2. The number of hydrogen-bond acceptors (Lipinski definition) is 7. The number of nitrogens with zero attached hydrogens (tertiary/aromatic N) is 3. The minimum Gasteiger partial charge on any atom is -0.496 e. The molecule has 11 heteroatoms. The van der Waals surface area contributed by atoms with E-state index >= 15 is 0 Å². The minimum absolute atomic E-state index is 0.0752. The number of aromatic nitrogens is 2. The Hall–Kier alpha value is -4.38. The van der Waals surface area contributed by atoms with Crippen LogP contribution in [0.25, 0.3) is 0 Å². The molecule has 1 aromatic heterocycles. The second-order valence-corrected chi connectivity index (χ2v) is 14.9. The number of ether oxygens (including phenoxy) is 2. The largest absolute Gasteiger partial charge is 0.496 e. The van der Waals surface area contributed by atoms with Gasteiger partial charge in [0, 0.05) is 47.4 Å². The summed E-state index contributed by atoms with van der Waals surface area (Å²) in [6, 6.07) is 13.0. The van der Waals surface area contributed by atoms with Gasteiger partial charge in [-0.05, 0) is 98.5 Å². The molecule has 1 heterocycles. The van der Waals surface area contributed by atoms with Gasteiger partial charge in [0.15, 0.2) is 0 Å². The van der Waals surface area contributed by atoms with Crippen molar-refractivity contribution < 1.29 is 29.0 Å². The maximum Gasteiger partial charge on any atom is 0.342 e. The van der Waals surface area contributed by atoms with Crippen LogP contribution in [0.4, 0.5) is 10.5 Å². The van der Waals surface area contributed by atoms with E-state index in [-0.39, 0.29) is 17.7 Å². The molecule has 3 aromatic rings. The van der Waals surface area contributed by atoms with Crippen molar-refractivity contribution in [3.8, 4) is 11.5 Å². The van der Waals surface area contributed by atoms with Gasteiger partial charge in [-0.2, -0.15) is 9.78 Å². The molecule has 2 aromatic carbocycles. The van der Waals surface area contributed by atoms with E-state index in [0.29, 0.717) is 55.8 Å². The Balaban J connectivity index is 1.54. The van der Waals surface area contributed by atoms with E-state index in [0.717, 1.165) is 36.2 Å². The molecule has 50 heavy (non-hydrogen) atoms. The van der Waals surface area contributed by atoms with Gasteiger partial charge in [0.2, 0.25) is 5.91 Å². The van der Waals surface area contributed by atoms with Gasteiger partial charge in [0.05, 0.1) is 25.7 Å². The van der Waals surface area contributed by atoms with Gasteiger partial charge in [-0.15, -0.1) is 0 Å². The van der Waals surface area contributed by atoms with Crippen molar-refractivity contribution in [2.75, 3.05) is 39.2 Å². The summed E-state index contributed by atoms with van der Waals surface area (Å²) < 4.78 is 13.2. The highest BCUT2D eigenvalue weighted by Gasteiger charge is 2.72. The predicted octanol–water partition coefficient (Wildman–Crippen LogP) is 6.17. The Morgan fingerprint density at radius 2 is 1.74 bits per heavy atom. The number of benzene rings is 2. The fraction of sp³-hybridized carbons (Fsp3) is 0.538. The van der Waals surface area contributed by atoms with Gasteiger partial charge in [-0.25, -0.2) is 4.79 Å².